The smallest absolute Gasteiger partial charge is 0.136 e. The first-order valence-corrected chi connectivity index (χ1v) is 4.93. The molecule has 0 atom stereocenters. The van der Waals surface area contributed by atoms with E-state index in [1.54, 1.807) is 6.92 Å². The molecule has 0 aliphatic rings. The highest BCUT2D eigenvalue weighted by Crippen LogP contribution is 2.30. The van der Waals surface area contributed by atoms with E-state index in [0.717, 1.165) is 0 Å². The molecule has 0 amide bonds. The summed E-state index contributed by atoms with van der Waals surface area (Å²) in [4.78, 5) is 0. The van der Waals surface area contributed by atoms with E-state index in [-0.39, 0.29) is 16.9 Å². The number of aryl methyl sites for hydroxylation is 1. The van der Waals surface area contributed by atoms with Crippen LogP contribution in [-0.2, 0) is 0 Å². The lowest BCUT2D eigenvalue weighted by atomic mass is 10.0. The highest BCUT2D eigenvalue weighted by atomic mass is 19.1. The Labute approximate surface area is 96.1 Å². The van der Waals surface area contributed by atoms with Gasteiger partial charge >= 0.3 is 0 Å². The Morgan fingerprint density at radius 3 is 2.06 bits per heavy atom. The molecule has 4 heteroatoms. The topological polar surface area (TPSA) is 20.2 Å². The lowest BCUT2D eigenvalue weighted by Gasteiger charge is -2.07. The summed E-state index contributed by atoms with van der Waals surface area (Å²) < 4.78 is 39.7. The van der Waals surface area contributed by atoms with Crippen LogP contribution in [0.4, 0.5) is 13.2 Å². The second-order valence-corrected chi connectivity index (χ2v) is 3.75. The molecule has 88 valence electrons. The Kier molecular flexibility index (Phi) is 2.79. The maximum Gasteiger partial charge on any atom is 0.136 e. The zero-order chi connectivity index (χ0) is 12.6. The van der Waals surface area contributed by atoms with Crippen molar-refractivity contribution in [1.82, 2.24) is 0 Å². The number of phenolic OH excluding ortho intramolecular Hbond substituents is 1. The fraction of sp³-hybridized carbons (Fsp3) is 0.0769. The minimum atomic E-state index is -0.995. The van der Waals surface area contributed by atoms with Gasteiger partial charge in [0.25, 0.3) is 0 Å². The van der Waals surface area contributed by atoms with Gasteiger partial charge in [0.2, 0.25) is 0 Å². The van der Waals surface area contributed by atoms with Crippen LogP contribution in [0.5, 0.6) is 5.75 Å². The van der Waals surface area contributed by atoms with E-state index in [2.05, 4.69) is 0 Å². The quantitative estimate of drug-likeness (QED) is 0.801. The molecule has 0 bridgehead atoms. The van der Waals surface area contributed by atoms with E-state index in [9.17, 15) is 18.3 Å². The van der Waals surface area contributed by atoms with E-state index in [1.165, 1.54) is 18.2 Å². The van der Waals surface area contributed by atoms with Crippen LogP contribution >= 0.6 is 0 Å². The van der Waals surface area contributed by atoms with Gasteiger partial charge in [-0.05, 0) is 24.1 Å². The number of phenols is 1. The molecule has 1 nitrogen and oxygen atoms in total. The Morgan fingerprint density at radius 2 is 1.53 bits per heavy atom. The third-order valence-corrected chi connectivity index (χ3v) is 2.50. The first-order chi connectivity index (χ1) is 7.99. The molecule has 0 radical (unpaired) electrons. The average Bonchev–Trinajstić information content (AvgIpc) is 2.21. The lowest BCUT2D eigenvalue weighted by Crippen LogP contribution is -1.92. The molecule has 0 aromatic heterocycles. The Hall–Kier alpha value is -1.97. The summed E-state index contributed by atoms with van der Waals surface area (Å²) in [6, 6.07) is 5.46. The summed E-state index contributed by atoms with van der Waals surface area (Å²) in [7, 11) is 0. The van der Waals surface area contributed by atoms with Crippen LogP contribution in [0.15, 0.2) is 30.3 Å². The van der Waals surface area contributed by atoms with Crippen LogP contribution in [0.25, 0.3) is 11.1 Å². The summed E-state index contributed by atoms with van der Waals surface area (Å²) in [6.45, 7) is 1.66. The van der Waals surface area contributed by atoms with E-state index in [1.807, 2.05) is 0 Å². The van der Waals surface area contributed by atoms with Crippen molar-refractivity contribution in [2.45, 2.75) is 6.92 Å². The highest BCUT2D eigenvalue weighted by Gasteiger charge is 2.14. The molecule has 0 spiro atoms. The molecule has 0 saturated heterocycles. The number of aromatic hydroxyl groups is 1. The van der Waals surface area contributed by atoms with Gasteiger partial charge in [-0.2, -0.15) is 0 Å². The van der Waals surface area contributed by atoms with Gasteiger partial charge < -0.3 is 5.11 Å². The fourth-order valence-corrected chi connectivity index (χ4v) is 1.58. The number of hydrogen-bond acceptors (Lipinski definition) is 1. The second kappa shape index (κ2) is 4.13. The molecule has 2 aromatic rings. The highest BCUT2D eigenvalue weighted by molar-refractivity contribution is 5.67. The third-order valence-electron chi connectivity index (χ3n) is 2.50. The van der Waals surface area contributed by atoms with Gasteiger partial charge in [-0.15, -0.1) is 0 Å². The summed E-state index contributed by atoms with van der Waals surface area (Å²) in [5, 5.41) is 9.48. The average molecular weight is 238 g/mol. The molecule has 2 rings (SSSR count). The molecular formula is C13H9F3O. The van der Waals surface area contributed by atoms with Crippen molar-refractivity contribution in [2.24, 2.45) is 0 Å². The lowest BCUT2D eigenvalue weighted by molar-refractivity contribution is 0.471. The summed E-state index contributed by atoms with van der Waals surface area (Å²) >= 11 is 0. The van der Waals surface area contributed by atoms with Crippen molar-refractivity contribution in [2.75, 3.05) is 0 Å². The molecule has 0 fully saturated rings. The zero-order valence-corrected chi connectivity index (χ0v) is 8.97. The van der Waals surface area contributed by atoms with E-state index in [4.69, 9.17) is 0 Å². The fourth-order valence-electron chi connectivity index (χ4n) is 1.58. The Bertz CT molecular complexity index is 556. The number of hydrogen-bond donors (Lipinski definition) is 1. The molecule has 1 N–H and O–H groups in total. The maximum atomic E-state index is 13.5. The first-order valence-electron chi connectivity index (χ1n) is 4.93. The Balaban J connectivity index is 2.64. The van der Waals surface area contributed by atoms with Crippen molar-refractivity contribution in [3.05, 3.63) is 53.3 Å². The van der Waals surface area contributed by atoms with E-state index < -0.39 is 17.5 Å². The largest absolute Gasteiger partial charge is 0.508 e. The summed E-state index contributed by atoms with van der Waals surface area (Å²) in [5.41, 5.74) is 0.418. The molecule has 17 heavy (non-hydrogen) atoms. The van der Waals surface area contributed by atoms with Gasteiger partial charge in [0.05, 0.1) is 5.56 Å². The van der Waals surface area contributed by atoms with Crippen molar-refractivity contribution >= 4 is 0 Å². The zero-order valence-electron chi connectivity index (χ0n) is 8.97. The normalized spacial score (nSPS) is 10.6. The van der Waals surface area contributed by atoms with Gasteiger partial charge in [0.15, 0.2) is 0 Å². The molecule has 0 heterocycles. The first kappa shape index (κ1) is 11.5. The van der Waals surface area contributed by atoms with Crippen LogP contribution in [0.3, 0.4) is 0 Å². The van der Waals surface area contributed by atoms with Crippen molar-refractivity contribution in [3.8, 4) is 16.9 Å². The van der Waals surface area contributed by atoms with Crippen molar-refractivity contribution < 1.29 is 18.3 Å². The third kappa shape index (κ3) is 2.11. The van der Waals surface area contributed by atoms with E-state index in [0.29, 0.717) is 17.7 Å². The van der Waals surface area contributed by atoms with Crippen LogP contribution in [0, 0.1) is 24.4 Å². The van der Waals surface area contributed by atoms with Gasteiger partial charge in [-0.1, -0.05) is 12.1 Å². The SMILES string of the molecule is Cc1ccc(-c2c(F)cc(F)cc2F)cc1O. The number of halogens is 3. The molecule has 0 aliphatic carbocycles. The van der Waals surface area contributed by atoms with Crippen LogP contribution in [-0.4, -0.2) is 5.11 Å². The van der Waals surface area contributed by atoms with Crippen molar-refractivity contribution in [3.63, 3.8) is 0 Å². The number of benzene rings is 2. The van der Waals surface area contributed by atoms with Crippen molar-refractivity contribution in [1.29, 1.82) is 0 Å². The Morgan fingerprint density at radius 1 is 0.941 bits per heavy atom. The van der Waals surface area contributed by atoms with Gasteiger partial charge in [-0.25, -0.2) is 13.2 Å². The summed E-state index contributed by atoms with van der Waals surface area (Å²) in [6.07, 6.45) is 0. The molecule has 0 aliphatic heterocycles. The summed E-state index contributed by atoms with van der Waals surface area (Å²) in [5.74, 6) is -3.03. The van der Waals surface area contributed by atoms with Gasteiger partial charge in [0, 0.05) is 12.1 Å². The van der Waals surface area contributed by atoms with Gasteiger partial charge in [-0.3, -0.25) is 0 Å². The molecule has 0 saturated carbocycles. The van der Waals surface area contributed by atoms with Gasteiger partial charge in [0.1, 0.15) is 23.2 Å². The van der Waals surface area contributed by atoms with Crippen LogP contribution < -0.4 is 0 Å². The monoisotopic (exact) mass is 238 g/mol. The minimum Gasteiger partial charge on any atom is -0.508 e. The maximum absolute atomic E-state index is 13.5. The predicted molar refractivity (Wildman–Crippen MR) is 58.2 cm³/mol. The minimum absolute atomic E-state index is 0.0642. The molecule has 0 unspecified atom stereocenters. The standard InChI is InChI=1S/C13H9F3O/c1-7-2-3-8(4-12(7)17)13-10(15)5-9(14)6-11(13)16/h2-6,17H,1H3. The second-order valence-electron chi connectivity index (χ2n) is 3.75. The molecule has 2 aromatic carbocycles. The van der Waals surface area contributed by atoms with Crippen LogP contribution in [0.2, 0.25) is 0 Å². The molecular weight excluding hydrogens is 229 g/mol. The van der Waals surface area contributed by atoms with Crippen LogP contribution in [0.1, 0.15) is 5.56 Å². The van der Waals surface area contributed by atoms with E-state index >= 15 is 0 Å². The number of rotatable bonds is 1. The predicted octanol–water partition coefficient (Wildman–Crippen LogP) is 3.78.